The molecule has 106 valence electrons. The standard InChI is InChI=1S/C12H20N4O2S/c1-16(10-6-4-2-3-5-7-10)19(17,18)11-8-14-12(13)15-9-11/h8-10H,2-7H2,1H3,(H2,13,14,15). The first-order valence-electron chi connectivity index (χ1n) is 6.57. The number of nitrogens with zero attached hydrogens (tertiary/aromatic N) is 3. The van der Waals surface area contributed by atoms with Gasteiger partial charge in [-0.15, -0.1) is 0 Å². The van der Waals surface area contributed by atoms with Gasteiger partial charge in [0.1, 0.15) is 4.90 Å². The molecule has 1 aromatic heterocycles. The molecular formula is C12H20N4O2S. The topological polar surface area (TPSA) is 89.2 Å². The van der Waals surface area contributed by atoms with Gasteiger partial charge in [-0.3, -0.25) is 0 Å². The van der Waals surface area contributed by atoms with Crippen LogP contribution in [0.4, 0.5) is 5.95 Å². The first kappa shape index (κ1) is 14.2. The summed E-state index contributed by atoms with van der Waals surface area (Å²) in [4.78, 5) is 7.61. The molecule has 0 radical (unpaired) electrons. The van der Waals surface area contributed by atoms with Gasteiger partial charge >= 0.3 is 0 Å². The van der Waals surface area contributed by atoms with Crippen LogP contribution >= 0.6 is 0 Å². The predicted molar refractivity (Wildman–Crippen MR) is 72.9 cm³/mol. The molecule has 0 amide bonds. The summed E-state index contributed by atoms with van der Waals surface area (Å²) in [5.41, 5.74) is 5.38. The first-order valence-corrected chi connectivity index (χ1v) is 8.01. The lowest BCUT2D eigenvalue weighted by molar-refractivity contribution is 0.335. The highest BCUT2D eigenvalue weighted by Gasteiger charge is 2.28. The monoisotopic (exact) mass is 284 g/mol. The maximum Gasteiger partial charge on any atom is 0.246 e. The van der Waals surface area contributed by atoms with Crippen molar-refractivity contribution in [2.45, 2.75) is 49.5 Å². The molecule has 1 aliphatic rings. The van der Waals surface area contributed by atoms with Crippen LogP contribution in [-0.2, 0) is 10.0 Å². The Labute approximate surface area is 114 Å². The van der Waals surface area contributed by atoms with Crippen LogP contribution in [-0.4, -0.2) is 35.8 Å². The molecule has 1 aromatic rings. The smallest absolute Gasteiger partial charge is 0.246 e. The number of nitrogens with two attached hydrogens (primary N) is 1. The maximum atomic E-state index is 12.5. The minimum Gasteiger partial charge on any atom is -0.368 e. The lowest BCUT2D eigenvalue weighted by Gasteiger charge is -2.26. The number of aromatic nitrogens is 2. The van der Waals surface area contributed by atoms with E-state index in [1.807, 2.05) is 0 Å². The van der Waals surface area contributed by atoms with E-state index in [0.717, 1.165) is 25.7 Å². The van der Waals surface area contributed by atoms with E-state index in [9.17, 15) is 8.42 Å². The normalized spacial score (nSPS) is 18.4. The average Bonchev–Trinajstić information content (AvgIpc) is 2.67. The van der Waals surface area contributed by atoms with E-state index in [1.54, 1.807) is 7.05 Å². The number of rotatable bonds is 3. The predicted octanol–water partition coefficient (Wildman–Crippen LogP) is 1.40. The van der Waals surface area contributed by atoms with Crippen molar-refractivity contribution in [1.82, 2.24) is 14.3 Å². The number of nitrogen functional groups attached to an aromatic ring is 1. The van der Waals surface area contributed by atoms with Crippen molar-refractivity contribution in [3.8, 4) is 0 Å². The SMILES string of the molecule is CN(C1CCCCCC1)S(=O)(=O)c1cnc(N)nc1. The summed E-state index contributed by atoms with van der Waals surface area (Å²) in [7, 11) is -1.88. The summed E-state index contributed by atoms with van der Waals surface area (Å²) in [6.45, 7) is 0. The molecule has 0 bridgehead atoms. The highest BCUT2D eigenvalue weighted by atomic mass is 32.2. The van der Waals surface area contributed by atoms with Crippen molar-refractivity contribution in [1.29, 1.82) is 0 Å². The average molecular weight is 284 g/mol. The summed E-state index contributed by atoms with van der Waals surface area (Å²) < 4.78 is 26.4. The van der Waals surface area contributed by atoms with Gasteiger partial charge in [-0.05, 0) is 12.8 Å². The Morgan fingerprint density at radius 2 is 1.68 bits per heavy atom. The Bertz CT molecular complexity index is 507. The molecule has 6 nitrogen and oxygen atoms in total. The van der Waals surface area contributed by atoms with Gasteiger partial charge in [0.15, 0.2) is 0 Å². The fraction of sp³-hybridized carbons (Fsp3) is 0.667. The Balaban J connectivity index is 2.20. The summed E-state index contributed by atoms with van der Waals surface area (Å²) in [5.74, 6) is 0.0797. The van der Waals surface area contributed by atoms with Crippen molar-refractivity contribution in [2.75, 3.05) is 12.8 Å². The van der Waals surface area contributed by atoms with Crippen LogP contribution in [0.2, 0.25) is 0 Å². The van der Waals surface area contributed by atoms with E-state index < -0.39 is 10.0 Å². The molecule has 0 aliphatic heterocycles. The van der Waals surface area contributed by atoms with Crippen LogP contribution in [0, 0.1) is 0 Å². The molecule has 0 aromatic carbocycles. The van der Waals surface area contributed by atoms with Gasteiger partial charge in [-0.1, -0.05) is 25.7 Å². The number of hydrogen-bond acceptors (Lipinski definition) is 5. The van der Waals surface area contributed by atoms with Crippen molar-refractivity contribution in [2.24, 2.45) is 0 Å². The molecule has 2 rings (SSSR count). The van der Waals surface area contributed by atoms with Gasteiger partial charge in [0.25, 0.3) is 0 Å². The highest BCUT2D eigenvalue weighted by Crippen LogP contribution is 2.25. The molecule has 2 N–H and O–H groups in total. The van der Waals surface area contributed by atoms with Crippen molar-refractivity contribution >= 4 is 16.0 Å². The lowest BCUT2D eigenvalue weighted by Crippen LogP contribution is -2.36. The third-order valence-electron chi connectivity index (χ3n) is 3.66. The molecule has 1 heterocycles. The Kier molecular flexibility index (Phi) is 4.36. The van der Waals surface area contributed by atoms with E-state index in [4.69, 9.17) is 5.73 Å². The quantitative estimate of drug-likeness (QED) is 0.847. The molecule has 1 aliphatic carbocycles. The van der Waals surface area contributed by atoms with E-state index in [0.29, 0.717) is 0 Å². The van der Waals surface area contributed by atoms with Gasteiger partial charge in [-0.25, -0.2) is 18.4 Å². The maximum absolute atomic E-state index is 12.5. The van der Waals surface area contributed by atoms with Gasteiger partial charge < -0.3 is 5.73 Å². The second-order valence-corrected chi connectivity index (χ2v) is 6.94. The van der Waals surface area contributed by atoms with E-state index in [-0.39, 0.29) is 16.9 Å². The summed E-state index contributed by atoms with van der Waals surface area (Å²) in [5, 5.41) is 0. The molecule has 0 saturated heterocycles. The zero-order valence-electron chi connectivity index (χ0n) is 11.1. The van der Waals surface area contributed by atoms with Crippen molar-refractivity contribution < 1.29 is 8.42 Å². The third kappa shape index (κ3) is 3.22. The summed E-state index contributed by atoms with van der Waals surface area (Å²) in [6, 6.07) is 0.0741. The molecule has 7 heteroatoms. The largest absolute Gasteiger partial charge is 0.368 e. The molecule has 1 saturated carbocycles. The zero-order chi connectivity index (χ0) is 13.9. The minimum absolute atomic E-state index is 0.0741. The summed E-state index contributed by atoms with van der Waals surface area (Å²) in [6.07, 6.45) is 8.93. The fourth-order valence-electron chi connectivity index (χ4n) is 2.44. The van der Waals surface area contributed by atoms with Gasteiger partial charge in [0, 0.05) is 13.1 Å². The Hall–Kier alpha value is -1.21. The van der Waals surface area contributed by atoms with Crippen molar-refractivity contribution in [3.05, 3.63) is 12.4 Å². The second kappa shape index (κ2) is 5.83. The van der Waals surface area contributed by atoms with E-state index >= 15 is 0 Å². The van der Waals surface area contributed by atoms with E-state index in [1.165, 1.54) is 29.5 Å². The first-order chi connectivity index (χ1) is 9.01. The lowest BCUT2D eigenvalue weighted by atomic mass is 10.1. The highest BCUT2D eigenvalue weighted by molar-refractivity contribution is 7.89. The van der Waals surface area contributed by atoms with Crippen LogP contribution < -0.4 is 5.73 Å². The fourth-order valence-corrected chi connectivity index (χ4v) is 3.75. The van der Waals surface area contributed by atoms with Crippen LogP contribution in [0.5, 0.6) is 0 Å². The summed E-state index contributed by atoms with van der Waals surface area (Å²) >= 11 is 0. The van der Waals surface area contributed by atoms with Crippen LogP contribution in [0.25, 0.3) is 0 Å². The van der Waals surface area contributed by atoms with Gasteiger partial charge in [-0.2, -0.15) is 4.31 Å². The van der Waals surface area contributed by atoms with Crippen LogP contribution in [0.3, 0.4) is 0 Å². The minimum atomic E-state index is -3.52. The number of hydrogen-bond donors (Lipinski definition) is 1. The van der Waals surface area contributed by atoms with E-state index in [2.05, 4.69) is 9.97 Å². The molecular weight excluding hydrogens is 264 g/mol. The van der Waals surface area contributed by atoms with Crippen LogP contribution in [0.15, 0.2) is 17.3 Å². The molecule has 19 heavy (non-hydrogen) atoms. The number of sulfonamides is 1. The van der Waals surface area contributed by atoms with Gasteiger partial charge in [0.05, 0.1) is 12.4 Å². The Morgan fingerprint density at radius 3 is 2.21 bits per heavy atom. The molecule has 0 spiro atoms. The molecule has 1 fully saturated rings. The molecule has 0 atom stereocenters. The second-order valence-electron chi connectivity index (χ2n) is 4.94. The third-order valence-corrected chi connectivity index (χ3v) is 5.53. The van der Waals surface area contributed by atoms with Gasteiger partial charge in [0.2, 0.25) is 16.0 Å². The zero-order valence-corrected chi connectivity index (χ0v) is 11.9. The molecule has 0 unspecified atom stereocenters. The van der Waals surface area contributed by atoms with Crippen LogP contribution in [0.1, 0.15) is 38.5 Å². The van der Waals surface area contributed by atoms with Crippen molar-refractivity contribution in [3.63, 3.8) is 0 Å². The Morgan fingerprint density at radius 1 is 1.16 bits per heavy atom. The number of anilines is 1.